The summed E-state index contributed by atoms with van der Waals surface area (Å²) in [7, 11) is 1.65. The largest absolute Gasteiger partial charge is 0.478 e. The Morgan fingerprint density at radius 3 is 2.57 bits per heavy atom. The standard InChI is InChI=1S/C16H18N2O3/c1-21-9-8-18-13-6-7-15(17)14(10-13)11-2-4-12(5-3-11)16(19)20/h2-7,10,18H,8-9,17H2,1H3,(H,19,20). The molecule has 0 aliphatic rings. The van der Waals surface area contributed by atoms with Crippen LogP contribution in [0.4, 0.5) is 11.4 Å². The van der Waals surface area contributed by atoms with Crippen molar-refractivity contribution in [3.8, 4) is 11.1 Å². The zero-order chi connectivity index (χ0) is 15.2. The maximum atomic E-state index is 10.9. The summed E-state index contributed by atoms with van der Waals surface area (Å²) < 4.78 is 4.99. The van der Waals surface area contributed by atoms with E-state index in [4.69, 9.17) is 15.6 Å². The average molecular weight is 286 g/mol. The molecule has 0 fully saturated rings. The number of methoxy groups -OCH3 is 1. The number of anilines is 2. The number of aromatic carboxylic acids is 1. The predicted molar refractivity (Wildman–Crippen MR) is 83.6 cm³/mol. The third-order valence-corrected chi connectivity index (χ3v) is 3.13. The van der Waals surface area contributed by atoms with Gasteiger partial charge in [-0.2, -0.15) is 0 Å². The molecule has 0 spiro atoms. The lowest BCUT2D eigenvalue weighted by Gasteiger charge is -2.11. The Bertz CT molecular complexity index is 624. The van der Waals surface area contributed by atoms with Crippen LogP contribution in [0.2, 0.25) is 0 Å². The first kappa shape index (κ1) is 14.9. The van der Waals surface area contributed by atoms with Crippen LogP contribution in [0, 0.1) is 0 Å². The molecule has 0 aromatic heterocycles. The van der Waals surface area contributed by atoms with Gasteiger partial charge < -0.3 is 20.9 Å². The fourth-order valence-electron chi connectivity index (χ4n) is 2.01. The highest BCUT2D eigenvalue weighted by molar-refractivity contribution is 5.89. The highest BCUT2D eigenvalue weighted by atomic mass is 16.5. The molecule has 21 heavy (non-hydrogen) atoms. The molecule has 0 atom stereocenters. The first-order valence-electron chi connectivity index (χ1n) is 6.58. The number of carboxylic acid groups (broad SMARTS) is 1. The van der Waals surface area contributed by atoms with Crippen LogP contribution in [0.5, 0.6) is 0 Å². The number of hydrogen-bond acceptors (Lipinski definition) is 4. The van der Waals surface area contributed by atoms with E-state index in [-0.39, 0.29) is 5.56 Å². The minimum Gasteiger partial charge on any atom is -0.478 e. The second kappa shape index (κ2) is 6.76. The van der Waals surface area contributed by atoms with Crippen molar-refractivity contribution < 1.29 is 14.6 Å². The molecular formula is C16H18N2O3. The number of rotatable bonds is 6. The van der Waals surface area contributed by atoms with Crippen molar-refractivity contribution in [2.24, 2.45) is 0 Å². The zero-order valence-corrected chi connectivity index (χ0v) is 11.8. The second-order valence-electron chi connectivity index (χ2n) is 4.60. The third kappa shape index (κ3) is 3.73. The fourth-order valence-corrected chi connectivity index (χ4v) is 2.01. The van der Waals surface area contributed by atoms with Gasteiger partial charge in [-0.15, -0.1) is 0 Å². The van der Waals surface area contributed by atoms with Gasteiger partial charge in [0.05, 0.1) is 12.2 Å². The lowest BCUT2D eigenvalue weighted by molar-refractivity contribution is 0.0697. The van der Waals surface area contributed by atoms with Crippen molar-refractivity contribution in [3.05, 3.63) is 48.0 Å². The van der Waals surface area contributed by atoms with Gasteiger partial charge in [-0.25, -0.2) is 4.79 Å². The quantitative estimate of drug-likeness (QED) is 0.561. The van der Waals surface area contributed by atoms with Crippen molar-refractivity contribution in [1.29, 1.82) is 0 Å². The summed E-state index contributed by atoms with van der Waals surface area (Å²) in [4.78, 5) is 10.9. The summed E-state index contributed by atoms with van der Waals surface area (Å²) in [5, 5.41) is 12.2. The van der Waals surface area contributed by atoms with Gasteiger partial charge in [0.1, 0.15) is 0 Å². The monoisotopic (exact) mass is 286 g/mol. The molecule has 0 unspecified atom stereocenters. The normalized spacial score (nSPS) is 10.3. The topological polar surface area (TPSA) is 84.6 Å². The van der Waals surface area contributed by atoms with Gasteiger partial charge in [0.15, 0.2) is 0 Å². The molecule has 0 aliphatic heterocycles. The maximum Gasteiger partial charge on any atom is 0.335 e. The van der Waals surface area contributed by atoms with Crippen molar-refractivity contribution in [2.75, 3.05) is 31.3 Å². The van der Waals surface area contributed by atoms with Gasteiger partial charge in [-0.1, -0.05) is 12.1 Å². The molecule has 0 amide bonds. The number of carbonyl (C=O) groups is 1. The second-order valence-corrected chi connectivity index (χ2v) is 4.60. The van der Waals surface area contributed by atoms with Crippen LogP contribution < -0.4 is 11.1 Å². The van der Waals surface area contributed by atoms with E-state index in [0.717, 1.165) is 16.8 Å². The van der Waals surface area contributed by atoms with E-state index in [1.165, 1.54) is 0 Å². The molecule has 0 heterocycles. The molecule has 5 heteroatoms. The fraction of sp³-hybridized carbons (Fsp3) is 0.188. The molecule has 0 saturated heterocycles. The summed E-state index contributed by atoms with van der Waals surface area (Å²) in [6.45, 7) is 1.32. The molecule has 0 radical (unpaired) electrons. The van der Waals surface area contributed by atoms with Crippen LogP contribution in [0.3, 0.4) is 0 Å². The van der Waals surface area contributed by atoms with Crippen molar-refractivity contribution in [2.45, 2.75) is 0 Å². The van der Waals surface area contributed by atoms with Crippen LogP contribution >= 0.6 is 0 Å². The molecule has 2 rings (SSSR count). The lowest BCUT2D eigenvalue weighted by Crippen LogP contribution is -2.07. The molecule has 110 valence electrons. The Morgan fingerprint density at radius 2 is 1.95 bits per heavy atom. The van der Waals surface area contributed by atoms with E-state index >= 15 is 0 Å². The number of carboxylic acids is 1. The van der Waals surface area contributed by atoms with Crippen molar-refractivity contribution in [3.63, 3.8) is 0 Å². The third-order valence-electron chi connectivity index (χ3n) is 3.13. The smallest absolute Gasteiger partial charge is 0.335 e. The Hall–Kier alpha value is -2.53. The van der Waals surface area contributed by atoms with Crippen LogP contribution in [0.25, 0.3) is 11.1 Å². The summed E-state index contributed by atoms with van der Waals surface area (Å²) in [6.07, 6.45) is 0. The van der Waals surface area contributed by atoms with E-state index in [1.54, 1.807) is 31.4 Å². The van der Waals surface area contributed by atoms with Gasteiger partial charge in [0.25, 0.3) is 0 Å². The van der Waals surface area contributed by atoms with E-state index in [9.17, 15) is 4.79 Å². The van der Waals surface area contributed by atoms with E-state index in [1.807, 2.05) is 18.2 Å². The molecular weight excluding hydrogens is 268 g/mol. The Morgan fingerprint density at radius 1 is 1.24 bits per heavy atom. The summed E-state index contributed by atoms with van der Waals surface area (Å²) in [5.41, 5.74) is 9.61. The van der Waals surface area contributed by atoms with Gasteiger partial charge in [0, 0.05) is 30.6 Å². The summed E-state index contributed by atoms with van der Waals surface area (Å²) >= 11 is 0. The first-order chi connectivity index (χ1) is 10.1. The van der Waals surface area contributed by atoms with Crippen molar-refractivity contribution in [1.82, 2.24) is 0 Å². The highest BCUT2D eigenvalue weighted by Gasteiger charge is 2.06. The van der Waals surface area contributed by atoms with Crippen LogP contribution in [0.1, 0.15) is 10.4 Å². The van der Waals surface area contributed by atoms with Gasteiger partial charge in [-0.3, -0.25) is 0 Å². The van der Waals surface area contributed by atoms with Gasteiger partial charge in [0.2, 0.25) is 0 Å². The summed E-state index contributed by atoms with van der Waals surface area (Å²) in [6, 6.07) is 12.3. The average Bonchev–Trinajstić information content (AvgIpc) is 2.49. The number of nitrogens with two attached hydrogens (primary N) is 1. The number of nitrogens with one attached hydrogen (secondary N) is 1. The Labute approximate surface area is 123 Å². The number of nitrogen functional groups attached to an aromatic ring is 1. The predicted octanol–water partition coefficient (Wildman–Crippen LogP) is 2.69. The first-order valence-corrected chi connectivity index (χ1v) is 6.58. The number of hydrogen-bond donors (Lipinski definition) is 3. The molecule has 5 nitrogen and oxygen atoms in total. The van der Waals surface area contributed by atoms with Crippen LogP contribution in [-0.4, -0.2) is 31.3 Å². The number of benzene rings is 2. The molecule has 2 aromatic carbocycles. The van der Waals surface area contributed by atoms with Crippen LogP contribution in [-0.2, 0) is 4.74 Å². The highest BCUT2D eigenvalue weighted by Crippen LogP contribution is 2.29. The van der Waals surface area contributed by atoms with E-state index in [2.05, 4.69) is 5.32 Å². The zero-order valence-electron chi connectivity index (χ0n) is 11.8. The van der Waals surface area contributed by atoms with E-state index < -0.39 is 5.97 Å². The van der Waals surface area contributed by atoms with Gasteiger partial charge >= 0.3 is 5.97 Å². The Kier molecular flexibility index (Phi) is 4.79. The molecule has 0 bridgehead atoms. The molecule has 4 N–H and O–H groups in total. The minimum absolute atomic E-state index is 0.256. The molecule has 0 aliphatic carbocycles. The lowest BCUT2D eigenvalue weighted by atomic mass is 10.0. The summed E-state index contributed by atoms with van der Waals surface area (Å²) in [5.74, 6) is -0.940. The van der Waals surface area contributed by atoms with Gasteiger partial charge in [-0.05, 0) is 35.9 Å². The molecule has 2 aromatic rings. The minimum atomic E-state index is -0.940. The number of ether oxygens (including phenoxy) is 1. The molecule has 0 saturated carbocycles. The Balaban J connectivity index is 2.25. The maximum absolute atomic E-state index is 10.9. The van der Waals surface area contributed by atoms with Crippen LogP contribution in [0.15, 0.2) is 42.5 Å². The SMILES string of the molecule is COCCNc1ccc(N)c(-c2ccc(C(=O)O)cc2)c1. The van der Waals surface area contributed by atoms with E-state index in [0.29, 0.717) is 18.8 Å². The van der Waals surface area contributed by atoms with Crippen molar-refractivity contribution >= 4 is 17.3 Å².